The Morgan fingerprint density at radius 2 is 1.95 bits per heavy atom. The number of rotatable bonds is 6. The lowest BCUT2D eigenvalue weighted by Gasteiger charge is -2.09. The standard InChI is InChI=1S/C16H22N4O/c1-12-5-7-13(8-6-12)15-14(11-21)16(17)20(18-15)10-4-9-19(2)3/h5-8,11H,4,9-10,17H2,1-3H3. The zero-order valence-electron chi connectivity index (χ0n) is 12.8. The molecule has 2 aromatic rings. The number of carbonyl (C=O) groups excluding carboxylic acids is 1. The quantitative estimate of drug-likeness (QED) is 0.827. The Morgan fingerprint density at radius 1 is 1.29 bits per heavy atom. The number of nitrogens with zero attached hydrogens (tertiary/aromatic N) is 3. The third kappa shape index (κ3) is 3.49. The highest BCUT2D eigenvalue weighted by Crippen LogP contribution is 2.26. The van der Waals surface area contributed by atoms with Crippen LogP contribution in [0.25, 0.3) is 11.3 Å². The second-order valence-corrected chi connectivity index (χ2v) is 5.51. The van der Waals surface area contributed by atoms with Crippen LogP contribution in [0, 0.1) is 6.92 Å². The van der Waals surface area contributed by atoms with E-state index in [1.807, 2.05) is 45.3 Å². The minimum absolute atomic E-state index is 0.444. The van der Waals surface area contributed by atoms with Gasteiger partial charge in [0.2, 0.25) is 0 Å². The first kappa shape index (κ1) is 15.3. The lowest BCUT2D eigenvalue weighted by atomic mass is 10.1. The predicted octanol–water partition coefficient (Wildman–Crippen LogP) is 2.20. The van der Waals surface area contributed by atoms with Gasteiger partial charge >= 0.3 is 0 Å². The van der Waals surface area contributed by atoms with Crippen LogP contribution in [0.4, 0.5) is 5.82 Å². The summed E-state index contributed by atoms with van der Waals surface area (Å²) in [5.41, 5.74) is 9.28. The highest BCUT2D eigenvalue weighted by atomic mass is 16.1. The van der Waals surface area contributed by atoms with E-state index in [1.165, 1.54) is 5.56 Å². The van der Waals surface area contributed by atoms with E-state index in [0.717, 1.165) is 24.8 Å². The Bertz CT molecular complexity index is 614. The molecule has 0 saturated heterocycles. The van der Waals surface area contributed by atoms with Gasteiger partial charge in [0.25, 0.3) is 0 Å². The van der Waals surface area contributed by atoms with Crippen molar-refractivity contribution < 1.29 is 4.79 Å². The molecule has 0 aliphatic heterocycles. The van der Waals surface area contributed by atoms with Crippen molar-refractivity contribution in [3.05, 3.63) is 35.4 Å². The summed E-state index contributed by atoms with van der Waals surface area (Å²) < 4.78 is 1.72. The molecule has 0 unspecified atom stereocenters. The second-order valence-electron chi connectivity index (χ2n) is 5.51. The maximum atomic E-state index is 11.3. The van der Waals surface area contributed by atoms with E-state index in [4.69, 9.17) is 5.73 Å². The van der Waals surface area contributed by atoms with Crippen LogP contribution in [0.3, 0.4) is 0 Å². The number of hydrogen-bond donors (Lipinski definition) is 1. The molecule has 0 aliphatic carbocycles. The monoisotopic (exact) mass is 286 g/mol. The van der Waals surface area contributed by atoms with Gasteiger partial charge in [-0.15, -0.1) is 0 Å². The number of aromatic nitrogens is 2. The van der Waals surface area contributed by atoms with Gasteiger partial charge in [-0.3, -0.25) is 4.79 Å². The number of hydrogen-bond acceptors (Lipinski definition) is 4. The molecule has 2 N–H and O–H groups in total. The normalized spacial score (nSPS) is 11.0. The Balaban J connectivity index is 2.29. The van der Waals surface area contributed by atoms with Crippen LogP contribution < -0.4 is 5.73 Å². The summed E-state index contributed by atoms with van der Waals surface area (Å²) in [4.78, 5) is 13.5. The molecule has 21 heavy (non-hydrogen) atoms. The molecule has 2 rings (SSSR count). The summed E-state index contributed by atoms with van der Waals surface area (Å²) in [7, 11) is 4.06. The van der Waals surface area contributed by atoms with Crippen molar-refractivity contribution in [2.24, 2.45) is 0 Å². The number of nitrogen functional groups attached to an aromatic ring is 1. The van der Waals surface area contributed by atoms with Crippen LogP contribution in [0.1, 0.15) is 22.3 Å². The number of benzene rings is 1. The van der Waals surface area contributed by atoms with Gasteiger partial charge in [-0.25, -0.2) is 4.68 Å². The van der Waals surface area contributed by atoms with E-state index in [2.05, 4.69) is 10.00 Å². The molecule has 0 amide bonds. The summed E-state index contributed by atoms with van der Waals surface area (Å²) in [6.07, 6.45) is 1.73. The van der Waals surface area contributed by atoms with Crippen LogP contribution in [0.5, 0.6) is 0 Å². The van der Waals surface area contributed by atoms with Crippen LogP contribution in [-0.4, -0.2) is 41.6 Å². The van der Waals surface area contributed by atoms with Gasteiger partial charge in [0.15, 0.2) is 6.29 Å². The first-order valence-corrected chi connectivity index (χ1v) is 7.06. The third-order valence-electron chi connectivity index (χ3n) is 3.45. The van der Waals surface area contributed by atoms with Crippen LogP contribution in [-0.2, 0) is 6.54 Å². The Kier molecular flexibility index (Phi) is 4.75. The van der Waals surface area contributed by atoms with Gasteiger partial charge in [0.1, 0.15) is 11.5 Å². The second kappa shape index (κ2) is 6.54. The maximum Gasteiger partial charge on any atom is 0.156 e. The van der Waals surface area contributed by atoms with Crippen molar-refractivity contribution in [3.8, 4) is 11.3 Å². The first-order valence-electron chi connectivity index (χ1n) is 7.06. The minimum Gasteiger partial charge on any atom is -0.383 e. The van der Waals surface area contributed by atoms with Crippen LogP contribution in [0.2, 0.25) is 0 Å². The maximum absolute atomic E-state index is 11.3. The van der Waals surface area contributed by atoms with Gasteiger partial charge in [-0.05, 0) is 34.0 Å². The van der Waals surface area contributed by atoms with Crippen molar-refractivity contribution in [2.75, 3.05) is 26.4 Å². The molecule has 0 spiro atoms. The average molecular weight is 286 g/mol. The molecule has 0 aliphatic rings. The van der Waals surface area contributed by atoms with Gasteiger partial charge in [0, 0.05) is 12.1 Å². The van der Waals surface area contributed by atoms with Crippen molar-refractivity contribution in [1.82, 2.24) is 14.7 Å². The fraction of sp³-hybridized carbons (Fsp3) is 0.375. The van der Waals surface area contributed by atoms with Crippen molar-refractivity contribution in [1.29, 1.82) is 0 Å². The Labute approximate surface area is 125 Å². The van der Waals surface area contributed by atoms with Gasteiger partial charge in [0.05, 0.1) is 5.56 Å². The Morgan fingerprint density at radius 3 is 2.52 bits per heavy atom. The number of carbonyl (C=O) groups is 1. The van der Waals surface area contributed by atoms with E-state index >= 15 is 0 Å². The highest BCUT2D eigenvalue weighted by Gasteiger charge is 2.16. The molecule has 0 fully saturated rings. The lowest BCUT2D eigenvalue weighted by Crippen LogP contribution is -2.16. The zero-order valence-corrected chi connectivity index (χ0v) is 12.8. The third-order valence-corrected chi connectivity index (χ3v) is 3.45. The number of aldehydes is 1. The average Bonchev–Trinajstić information content (AvgIpc) is 2.76. The zero-order chi connectivity index (χ0) is 15.4. The molecule has 1 aromatic carbocycles. The van der Waals surface area contributed by atoms with Gasteiger partial charge in [-0.1, -0.05) is 29.8 Å². The van der Waals surface area contributed by atoms with E-state index in [9.17, 15) is 4.79 Å². The summed E-state index contributed by atoms with van der Waals surface area (Å²) in [5, 5.41) is 4.52. The predicted molar refractivity (Wildman–Crippen MR) is 85.4 cm³/mol. The first-order chi connectivity index (χ1) is 10.0. The van der Waals surface area contributed by atoms with Gasteiger partial charge in [-0.2, -0.15) is 5.10 Å². The Hall–Kier alpha value is -2.14. The molecule has 0 radical (unpaired) electrons. The number of nitrogens with two attached hydrogens (primary N) is 1. The molecule has 1 heterocycles. The fourth-order valence-corrected chi connectivity index (χ4v) is 2.24. The molecule has 0 saturated carbocycles. The SMILES string of the molecule is Cc1ccc(-c2nn(CCCN(C)C)c(N)c2C=O)cc1. The fourth-order valence-electron chi connectivity index (χ4n) is 2.24. The van der Waals surface area contributed by atoms with Crippen LogP contribution in [0.15, 0.2) is 24.3 Å². The summed E-state index contributed by atoms with van der Waals surface area (Å²) in [6, 6.07) is 7.94. The largest absolute Gasteiger partial charge is 0.383 e. The molecule has 0 atom stereocenters. The smallest absolute Gasteiger partial charge is 0.156 e. The topological polar surface area (TPSA) is 64.2 Å². The van der Waals surface area contributed by atoms with Crippen LogP contribution >= 0.6 is 0 Å². The van der Waals surface area contributed by atoms with E-state index in [0.29, 0.717) is 23.6 Å². The van der Waals surface area contributed by atoms with E-state index in [-0.39, 0.29) is 0 Å². The molecular weight excluding hydrogens is 264 g/mol. The highest BCUT2D eigenvalue weighted by molar-refractivity contribution is 5.91. The summed E-state index contributed by atoms with van der Waals surface area (Å²) >= 11 is 0. The molecule has 5 heteroatoms. The number of anilines is 1. The summed E-state index contributed by atoms with van der Waals surface area (Å²) in [5.74, 6) is 0.444. The van der Waals surface area contributed by atoms with Crippen molar-refractivity contribution >= 4 is 12.1 Å². The van der Waals surface area contributed by atoms with E-state index < -0.39 is 0 Å². The van der Waals surface area contributed by atoms with Crippen molar-refractivity contribution in [3.63, 3.8) is 0 Å². The summed E-state index contributed by atoms with van der Waals surface area (Å²) in [6.45, 7) is 3.69. The van der Waals surface area contributed by atoms with E-state index in [1.54, 1.807) is 4.68 Å². The lowest BCUT2D eigenvalue weighted by molar-refractivity contribution is 0.112. The molecule has 1 aromatic heterocycles. The molecule has 0 bridgehead atoms. The minimum atomic E-state index is 0.444. The van der Waals surface area contributed by atoms with Crippen molar-refractivity contribution in [2.45, 2.75) is 19.9 Å². The molecular formula is C16H22N4O. The molecule has 5 nitrogen and oxygen atoms in total. The van der Waals surface area contributed by atoms with Gasteiger partial charge < -0.3 is 10.6 Å². The molecule has 112 valence electrons. The number of aryl methyl sites for hydroxylation is 2.